The van der Waals surface area contributed by atoms with Crippen LogP contribution in [-0.2, 0) is 23.9 Å². The summed E-state index contributed by atoms with van der Waals surface area (Å²) in [5.74, 6) is -1.72. The number of carbonyl (C=O) groups is 4. The summed E-state index contributed by atoms with van der Waals surface area (Å²) in [6.07, 6.45) is 6.55. The zero-order valence-electron chi connectivity index (χ0n) is 14.9. The van der Waals surface area contributed by atoms with Crippen LogP contribution in [-0.4, -0.2) is 23.8 Å². The molecule has 0 aromatic heterocycles. The van der Waals surface area contributed by atoms with E-state index >= 15 is 0 Å². The Balaban J connectivity index is 0.000000161. The standard InChI is InChI=1S/C10H7NO2.C8H8.C4H2O3/c12-9-6-7-10(13)11(9)8-4-2-1-3-5-8;1-2-8-6-4-3-5-7-8;5-3-1-2-4(6)7-3/h1-7H;2-7H,1H2;1-2H. The first-order chi connectivity index (χ1) is 13.5. The Bertz CT molecular complexity index is 896. The molecular weight excluding hydrogens is 358 g/mol. The average Bonchev–Trinajstić information content (AvgIpc) is 3.27. The van der Waals surface area contributed by atoms with Crippen molar-refractivity contribution in [2.24, 2.45) is 0 Å². The maximum atomic E-state index is 11.2. The minimum Gasteiger partial charge on any atom is -0.387 e. The minimum absolute atomic E-state index is 0.281. The number of hydrogen-bond acceptors (Lipinski definition) is 5. The van der Waals surface area contributed by atoms with Crippen molar-refractivity contribution in [3.63, 3.8) is 0 Å². The van der Waals surface area contributed by atoms with Crippen LogP contribution in [0.5, 0.6) is 0 Å². The van der Waals surface area contributed by atoms with Gasteiger partial charge in [-0.05, 0) is 17.7 Å². The summed E-state index contributed by atoms with van der Waals surface area (Å²) >= 11 is 0. The molecule has 6 heteroatoms. The van der Waals surface area contributed by atoms with Crippen LogP contribution in [0.4, 0.5) is 5.69 Å². The molecule has 4 rings (SSSR count). The molecule has 2 heterocycles. The average molecular weight is 375 g/mol. The number of imide groups is 1. The second kappa shape index (κ2) is 10.2. The van der Waals surface area contributed by atoms with Crippen LogP contribution in [0, 0.1) is 0 Å². The Morgan fingerprint density at radius 3 is 1.50 bits per heavy atom. The highest BCUT2D eigenvalue weighted by atomic mass is 16.6. The summed E-state index contributed by atoms with van der Waals surface area (Å²) in [5.41, 5.74) is 1.79. The second-order valence-electron chi connectivity index (χ2n) is 5.37. The van der Waals surface area contributed by atoms with Crippen molar-refractivity contribution in [2.75, 3.05) is 4.90 Å². The van der Waals surface area contributed by atoms with Gasteiger partial charge in [0.15, 0.2) is 0 Å². The van der Waals surface area contributed by atoms with Gasteiger partial charge in [-0.2, -0.15) is 0 Å². The van der Waals surface area contributed by atoms with E-state index in [1.165, 1.54) is 17.7 Å². The molecule has 0 fully saturated rings. The molecule has 0 unspecified atom stereocenters. The zero-order valence-corrected chi connectivity index (χ0v) is 14.9. The van der Waals surface area contributed by atoms with Crippen molar-refractivity contribution in [3.8, 4) is 0 Å². The Kier molecular flexibility index (Phi) is 7.36. The number of nitrogens with zero attached hydrogens (tertiary/aromatic N) is 1. The summed E-state index contributed by atoms with van der Waals surface area (Å²) in [5, 5.41) is 0. The Labute approximate surface area is 162 Å². The van der Waals surface area contributed by atoms with Gasteiger partial charge in [0.1, 0.15) is 0 Å². The van der Waals surface area contributed by atoms with Gasteiger partial charge in [-0.25, -0.2) is 14.5 Å². The highest BCUT2D eigenvalue weighted by Gasteiger charge is 2.24. The Morgan fingerprint density at radius 1 is 0.679 bits per heavy atom. The number of rotatable bonds is 2. The number of ether oxygens (including phenoxy) is 1. The van der Waals surface area contributed by atoms with Gasteiger partial charge in [-0.3, -0.25) is 9.59 Å². The first-order valence-corrected chi connectivity index (χ1v) is 8.24. The lowest BCUT2D eigenvalue weighted by atomic mass is 10.2. The van der Waals surface area contributed by atoms with Crippen molar-refractivity contribution < 1.29 is 23.9 Å². The van der Waals surface area contributed by atoms with Crippen LogP contribution in [0.1, 0.15) is 5.56 Å². The van der Waals surface area contributed by atoms with Crippen molar-refractivity contribution in [3.05, 3.63) is 97.1 Å². The lowest BCUT2D eigenvalue weighted by molar-refractivity contribution is -0.150. The maximum absolute atomic E-state index is 11.2. The topological polar surface area (TPSA) is 80.8 Å². The van der Waals surface area contributed by atoms with Gasteiger partial charge in [0.05, 0.1) is 5.69 Å². The quantitative estimate of drug-likeness (QED) is 0.458. The van der Waals surface area contributed by atoms with Crippen molar-refractivity contribution in [1.29, 1.82) is 0 Å². The highest BCUT2D eigenvalue weighted by molar-refractivity contribution is 6.28. The number of cyclic esters (lactones) is 2. The van der Waals surface area contributed by atoms with Gasteiger partial charge in [0, 0.05) is 24.3 Å². The van der Waals surface area contributed by atoms with Crippen molar-refractivity contribution >= 4 is 35.5 Å². The third kappa shape index (κ3) is 6.03. The minimum atomic E-state index is -0.579. The highest BCUT2D eigenvalue weighted by Crippen LogP contribution is 2.17. The van der Waals surface area contributed by atoms with Crippen LogP contribution < -0.4 is 4.90 Å². The molecule has 0 N–H and O–H groups in total. The third-order valence-electron chi connectivity index (χ3n) is 3.42. The molecule has 140 valence electrons. The molecule has 0 spiro atoms. The van der Waals surface area contributed by atoms with E-state index in [-0.39, 0.29) is 11.8 Å². The smallest absolute Gasteiger partial charge is 0.338 e. The van der Waals surface area contributed by atoms with Gasteiger partial charge in [-0.15, -0.1) is 0 Å². The van der Waals surface area contributed by atoms with E-state index < -0.39 is 11.9 Å². The van der Waals surface area contributed by atoms with Crippen LogP contribution in [0.15, 0.2) is 91.5 Å². The molecule has 2 aliphatic rings. The summed E-state index contributed by atoms with van der Waals surface area (Å²) < 4.78 is 3.97. The molecule has 2 aromatic carbocycles. The number of para-hydroxylation sites is 1. The zero-order chi connectivity index (χ0) is 20.4. The lowest BCUT2D eigenvalue weighted by Gasteiger charge is -2.12. The SMILES string of the molecule is C=Cc1ccccc1.O=C1C=CC(=O)N1c1ccccc1.O=C1C=CC(=O)O1. The summed E-state index contributed by atoms with van der Waals surface area (Å²) in [6.45, 7) is 3.63. The summed E-state index contributed by atoms with van der Waals surface area (Å²) in [6, 6.07) is 18.9. The lowest BCUT2D eigenvalue weighted by Crippen LogP contribution is -2.29. The van der Waals surface area contributed by atoms with Gasteiger partial charge < -0.3 is 4.74 Å². The largest absolute Gasteiger partial charge is 0.387 e. The van der Waals surface area contributed by atoms with Crippen LogP contribution in [0.3, 0.4) is 0 Å². The maximum Gasteiger partial charge on any atom is 0.338 e. The Morgan fingerprint density at radius 2 is 1.14 bits per heavy atom. The molecule has 2 aromatic rings. The normalized spacial score (nSPS) is 14.1. The summed E-state index contributed by atoms with van der Waals surface area (Å²) in [7, 11) is 0. The van der Waals surface area contributed by atoms with E-state index in [9.17, 15) is 19.2 Å². The van der Waals surface area contributed by atoms with Crippen LogP contribution >= 0.6 is 0 Å². The number of amides is 2. The van der Waals surface area contributed by atoms with E-state index in [2.05, 4.69) is 11.3 Å². The fraction of sp³-hybridized carbons (Fsp3) is 0. The van der Waals surface area contributed by atoms with Gasteiger partial charge >= 0.3 is 11.9 Å². The fourth-order valence-electron chi connectivity index (χ4n) is 2.12. The van der Waals surface area contributed by atoms with Crippen LogP contribution in [0.25, 0.3) is 6.08 Å². The third-order valence-corrected chi connectivity index (χ3v) is 3.42. The molecule has 0 aliphatic carbocycles. The van der Waals surface area contributed by atoms with Gasteiger partial charge in [-0.1, -0.05) is 61.2 Å². The molecular formula is C22H17NO5. The number of benzene rings is 2. The Hall–Kier alpha value is -4.06. The number of carbonyl (C=O) groups excluding carboxylic acids is 4. The van der Waals surface area contributed by atoms with Gasteiger partial charge in [0.2, 0.25) is 0 Å². The van der Waals surface area contributed by atoms with E-state index in [1.54, 1.807) is 24.3 Å². The number of anilines is 1. The molecule has 0 atom stereocenters. The summed E-state index contributed by atoms with van der Waals surface area (Å²) in [4.78, 5) is 43.4. The number of esters is 2. The van der Waals surface area contributed by atoms with Crippen LogP contribution in [0.2, 0.25) is 0 Å². The molecule has 0 saturated heterocycles. The molecule has 0 bridgehead atoms. The van der Waals surface area contributed by atoms with E-state index in [0.29, 0.717) is 5.69 Å². The molecule has 2 aliphatic heterocycles. The molecule has 28 heavy (non-hydrogen) atoms. The molecule has 6 nitrogen and oxygen atoms in total. The van der Waals surface area contributed by atoms with E-state index in [0.717, 1.165) is 17.1 Å². The second-order valence-corrected chi connectivity index (χ2v) is 5.37. The van der Waals surface area contributed by atoms with Gasteiger partial charge in [0.25, 0.3) is 11.8 Å². The number of hydrogen-bond donors (Lipinski definition) is 0. The molecule has 0 radical (unpaired) electrons. The van der Waals surface area contributed by atoms with Crippen molar-refractivity contribution in [1.82, 2.24) is 0 Å². The predicted octanol–water partition coefficient (Wildman–Crippen LogP) is 3.07. The van der Waals surface area contributed by atoms with E-state index in [4.69, 9.17) is 0 Å². The molecule has 0 saturated carbocycles. The first-order valence-electron chi connectivity index (χ1n) is 8.24. The first kappa shape index (κ1) is 20.3. The van der Waals surface area contributed by atoms with E-state index in [1.807, 2.05) is 42.5 Å². The molecule has 2 amide bonds. The van der Waals surface area contributed by atoms with Crippen molar-refractivity contribution in [2.45, 2.75) is 0 Å². The monoisotopic (exact) mass is 375 g/mol. The fourth-order valence-corrected chi connectivity index (χ4v) is 2.12. The predicted molar refractivity (Wildman–Crippen MR) is 105 cm³/mol.